The van der Waals surface area contributed by atoms with Crippen LogP contribution in [0.4, 0.5) is 10.5 Å². The fourth-order valence-electron chi connectivity index (χ4n) is 4.36. The number of para-hydroxylation sites is 2. The van der Waals surface area contributed by atoms with Crippen LogP contribution in [0.2, 0.25) is 0 Å². The van der Waals surface area contributed by atoms with E-state index in [4.69, 9.17) is 4.74 Å². The number of hydrogen-bond donors (Lipinski definition) is 1. The second kappa shape index (κ2) is 9.79. The Kier molecular flexibility index (Phi) is 6.67. The van der Waals surface area contributed by atoms with E-state index < -0.39 is 0 Å². The summed E-state index contributed by atoms with van der Waals surface area (Å²) in [4.78, 5) is 17.4. The second-order valence-corrected chi connectivity index (χ2v) is 8.00. The highest BCUT2D eigenvalue weighted by molar-refractivity contribution is 5.91. The van der Waals surface area contributed by atoms with E-state index in [1.54, 1.807) is 0 Å². The lowest BCUT2D eigenvalue weighted by molar-refractivity contribution is 0.131. The zero-order valence-corrected chi connectivity index (χ0v) is 17.1. The Labute approximate surface area is 173 Å². The summed E-state index contributed by atoms with van der Waals surface area (Å²) in [6.45, 7) is 4.59. The first-order valence-corrected chi connectivity index (χ1v) is 10.9. The minimum atomic E-state index is -0.0204. The zero-order chi connectivity index (χ0) is 19.9. The number of hydrogen-bond acceptors (Lipinski definition) is 3. The first-order valence-electron chi connectivity index (χ1n) is 10.9. The van der Waals surface area contributed by atoms with Gasteiger partial charge in [0.25, 0.3) is 0 Å². The Morgan fingerprint density at radius 2 is 1.72 bits per heavy atom. The normalized spacial score (nSPS) is 19.9. The predicted molar refractivity (Wildman–Crippen MR) is 117 cm³/mol. The molecule has 4 rings (SSSR count). The van der Waals surface area contributed by atoms with Crippen molar-refractivity contribution in [2.75, 3.05) is 38.1 Å². The summed E-state index contributed by atoms with van der Waals surface area (Å²) in [5, 5.41) is 3.08. The van der Waals surface area contributed by atoms with Crippen LogP contribution in [0.1, 0.15) is 31.2 Å². The number of amides is 2. The summed E-state index contributed by atoms with van der Waals surface area (Å²) >= 11 is 0. The van der Waals surface area contributed by atoms with Crippen LogP contribution in [-0.2, 0) is 6.42 Å². The molecule has 2 fully saturated rings. The average Bonchev–Trinajstić information content (AvgIpc) is 3.31. The molecular formula is C24H31N3O2. The molecule has 2 amide bonds. The number of nitrogens with one attached hydrogen (secondary N) is 1. The number of ether oxygens (including phenoxy) is 1. The molecule has 2 saturated heterocycles. The third-order valence-corrected chi connectivity index (χ3v) is 5.96. The molecule has 1 atom stereocenters. The van der Waals surface area contributed by atoms with Crippen molar-refractivity contribution < 1.29 is 9.53 Å². The van der Waals surface area contributed by atoms with Crippen LogP contribution in [0.5, 0.6) is 5.75 Å². The van der Waals surface area contributed by atoms with Gasteiger partial charge < -0.3 is 15.0 Å². The van der Waals surface area contributed by atoms with Crippen molar-refractivity contribution in [3.05, 3.63) is 60.2 Å². The molecule has 2 aromatic rings. The van der Waals surface area contributed by atoms with Gasteiger partial charge in [-0.2, -0.15) is 0 Å². The minimum Gasteiger partial charge on any atom is -0.491 e. The van der Waals surface area contributed by atoms with E-state index in [0.717, 1.165) is 37.4 Å². The summed E-state index contributed by atoms with van der Waals surface area (Å²) in [6.07, 6.45) is 5.69. The number of piperidine rings is 1. The smallest absolute Gasteiger partial charge is 0.322 e. The lowest BCUT2D eigenvalue weighted by atomic mass is 10.0. The largest absolute Gasteiger partial charge is 0.491 e. The minimum absolute atomic E-state index is 0.0204. The van der Waals surface area contributed by atoms with Crippen molar-refractivity contribution in [2.24, 2.45) is 0 Å². The third-order valence-electron chi connectivity index (χ3n) is 5.96. The number of urea groups is 1. The van der Waals surface area contributed by atoms with Gasteiger partial charge in [0.1, 0.15) is 5.75 Å². The molecule has 0 spiro atoms. The van der Waals surface area contributed by atoms with Gasteiger partial charge >= 0.3 is 6.03 Å². The summed E-state index contributed by atoms with van der Waals surface area (Å²) in [7, 11) is 0. The Balaban J connectivity index is 1.33. The Hall–Kier alpha value is -2.53. The van der Waals surface area contributed by atoms with Gasteiger partial charge in [-0.3, -0.25) is 4.90 Å². The van der Waals surface area contributed by atoms with Crippen LogP contribution in [0.25, 0.3) is 0 Å². The van der Waals surface area contributed by atoms with Crippen LogP contribution < -0.4 is 10.1 Å². The summed E-state index contributed by atoms with van der Waals surface area (Å²) < 4.78 is 5.99. The van der Waals surface area contributed by atoms with Gasteiger partial charge in [0.2, 0.25) is 0 Å². The number of anilines is 1. The molecule has 2 heterocycles. The van der Waals surface area contributed by atoms with E-state index in [2.05, 4.69) is 22.3 Å². The molecule has 0 bridgehead atoms. The highest BCUT2D eigenvalue weighted by Crippen LogP contribution is 2.26. The number of likely N-dealkylation sites (tertiary alicyclic amines) is 2. The van der Waals surface area contributed by atoms with Crippen LogP contribution in [0, 0.1) is 0 Å². The molecule has 154 valence electrons. The molecule has 0 aromatic heterocycles. The van der Waals surface area contributed by atoms with Crippen molar-refractivity contribution in [3.8, 4) is 5.75 Å². The van der Waals surface area contributed by atoms with E-state index in [0.29, 0.717) is 12.6 Å². The maximum Gasteiger partial charge on any atom is 0.322 e. The molecule has 0 unspecified atom stereocenters. The molecule has 2 aromatic carbocycles. The molecule has 0 radical (unpaired) electrons. The van der Waals surface area contributed by atoms with Gasteiger partial charge in [-0.15, -0.1) is 0 Å². The van der Waals surface area contributed by atoms with Crippen LogP contribution in [0.3, 0.4) is 0 Å². The number of benzene rings is 2. The first-order chi connectivity index (χ1) is 14.3. The molecule has 0 aliphatic carbocycles. The van der Waals surface area contributed by atoms with E-state index >= 15 is 0 Å². The molecule has 5 nitrogen and oxygen atoms in total. The average molecular weight is 394 g/mol. The van der Waals surface area contributed by atoms with Crippen molar-refractivity contribution >= 4 is 11.7 Å². The number of carbonyl (C=O) groups excluding carboxylic acids is 1. The summed E-state index contributed by atoms with van der Waals surface area (Å²) in [5.41, 5.74) is 1.99. The molecule has 0 saturated carbocycles. The van der Waals surface area contributed by atoms with Gasteiger partial charge in [-0.1, -0.05) is 42.5 Å². The monoisotopic (exact) mass is 393 g/mol. The molecular weight excluding hydrogens is 362 g/mol. The number of nitrogens with zero attached hydrogens (tertiary/aromatic N) is 2. The van der Waals surface area contributed by atoms with E-state index in [9.17, 15) is 4.79 Å². The Morgan fingerprint density at radius 3 is 2.55 bits per heavy atom. The molecule has 2 aliphatic rings. The highest BCUT2D eigenvalue weighted by Gasteiger charge is 2.29. The third kappa shape index (κ3) is 5.30. The highest BCUT2D eigenvalue weighted by atomic mass is 16.5. The molecule has 1 N–H and O–H groups in total. The van der Waals surface area contributed by atoms with Crippen molar-refractivity contribution in [3.63, 3.8) is 0 Å². The van der Waals surface area contributed by atoms with Gasteiger partial charge in [0, 0.05) is 25.6 Å². The SMILES string of the molecule is O=C(Nc1ccccc1OCCc1ccccc1)N1CCC[C@@H](N2CCCC2)C1. The lowest BCUT2D eigenvalue weighted by Gasteiger charge is -2.37. The second-order valence-electron chi connectivity index (χ2n) is 8.00. The maximum absolute atomic E-state index is 12.9. The summed E-state index contributed by atoms with van der Waals surface area (Å²) in [5.74, 6) is 0.727. The zero-order valence-electron chi connectivity index (χ0n) is 17.1. The fraction of sp³-hybridized carbons (Fsp3) is 0.458. The lowest BCUT2D eigenvalue weighted by Crippen LogP contribution is -2.50. The Morgan fingerprint density at radius 1 is 0.966 bits per heavy atom. The quantitative estimate of drug-likeness (QED) is 0.791. The van der Waals surface area contributed by atoms with Crippen LogP contribution in [-0.4, -0.2) is 54.7 Å². The van der Waals surface area contributed by atoms with Crippen LogP contribution >= 0.6 is 0 Å². The van der Waals surface area contributed by atoms with Gasteiger partial charge in [-0.05, 0) is 56.5 Å². The molecule has 29 heavy (non-hydrogen) atoms. The topological polar surface area (TPSA) is 44.8 Å². The van der Waals surface area contributed by atoms with Gasteiger partial charge in [0.15, 0.2) is 0 Å². The standard InChI is InChI=1S/C24H31N3O2/c28-24(27-17-8-11-21(19-27)26-15-6-7-16-26)25-22-12-4-5-13-23(22)29-18-14-20-9-2-1-3-10-20/h1-5,9-10,12-13,21H,6-8,11,14-19H2,(H,25,28)/t21-/m1/s1. The Bertz CT molecular complexity index is 790. The van der Waals surface area contributed by atoms with E-state index in [1.165, 1.54) is 37.9 Å². The van der Waals surface area contributed by atoms with Gasteiger partial charge in [-0.25, -0.2) is 4.79 Å². The van der Waals surface area contributed by atoms with Crippen molar-refractivity contribution in [1.82, 2.24) is 9.80 Å². The number of carbonyl (C=O) groups is 1. The van der Waals surface area contributed by atoms with E-state index in [1.807, 2.05) is 47.4 Å². The summed E-state index contributed by atoms with van der Waals surface area (Å²) in [6, 6.07) is 18.5. The van der Waals surface area contributed by atoms with Crippen LogP contribution in [0.15, 0.2) is 54.6 Å². The molecule has 5 heteroatoms. The van der Waals surface area contributed by atoms with Gasteiger partial charge in [0.05, 0.1) is 12.3 Å². The maximum atomic E-state index is 12.9. The van der Waals surface area contributed by atoms with Crippen molar-refractivity contribution in [1.29, 1.82) is 0 Å². The first kappa shape index (κ1) is 19.8. The number of rotatable bonds is 6. The molecule has 2 aliphatic heterocycles. The fourth-order valence-corrected chi connectivity index (χ4v) is 4.36. The predicted octanol–water partition coefficient (Wildman–Crippen LogP) is 4.40. The van der Waals surface area contributed by atoms with E-state index in [-0.39, 0.29) is 6.03 Å². The van der Waals surface area contributed by atoms with Crippen molar-refractivity contribution in [2.45, 2.75) is 38.1 Å².